The number of benzene rings is 1. The van der Waals surface area contributed by atoms with Gasteiger partial charge in [0.25, 0.3) is 11.5 Å². The third-order valence-electron chi connectivity index (χ3n) is 6.15. The first-order valence-electron chi connectivity index (χ1n) is 10.4. The van der Waals surface area contributed by atoms with E-state index in [4.69, 9.17) is 28.0 Å². The van der Waals surface area contributed by atoms with Crippen LogP contribution in [0.2, 0.25) is 10.0 Å². The molecule has 1 aromatic carbocycles. The van der Waals surface area contributed by atoms with E-state index < -0.39 is 18.2 Å². The number of alkyl halides is 3. The minimum Gasteiger partial charge on any atom is -0.372 e. The van der Waals surface area contributed by atoms with E-state index in [0.29, 0.717) is 31.2 Å². The van der Waals surface area contributed by atoms with Crippen molar-refractivity contribution in [3.8, 4) is 0 Å². The van der Waals surface area contributed by atoms with E-state index in [1.807, 2.05) is 0 Å². The Bertz CT molecular complexity index is 1130. The Morgan fingerprint density at radius 2 is 1.85 bits per heavy atom. The van der Waals surface area contributed by atoms with Crippen molar-refractivity contribution in [1.29, 1.82) is 0 Å². The number of hydrogen-bond donors (Lipinski definition) is 1. The number of aromatic nitrogens is 1. The maximum absolute atomic E-state index is 14.2. The summed E-state index contributed by atoms with van der Waals surface area (Å²) in [5, 5.41) is 6.82. The summed E-state index contributed by atoms with van der Waals surface area (Å²) in [5.74, 6) is 0.445. The molecule has 1 N–H and O–H groups in total. The Hall–Kier alpha value is -2.52. The molecule has 1 unspecified atom stereocenters. The molecule has 1 atom stereocenters. The smallest absolute Gasteiger partial charge is 0.372 e. The molecule has 0 spiro atoms. The molecular formula is C22H19Cl2F3N4O2. The monoisotopic (exact) mass is 498 g/mol. The van der Waals surface area contributed by atoms with Crippen molar-refractivity contribution in [1.82, 2.24) is 15.2 Å². The van der Waals surface area contributed by atoms with E-state index in [0.717, 1.165) is 24.0 Å². The van der Waals surface area contributed by atoms with Crippen molar-refractivity contribution < 1.29 is 22.8 Å². The first-order chi connectivity index (χ1) is 15.6. The van der Waals surface area contributed by atoms with E-state index in [2.05, 4.69) is 15.5 Å². The zero-order valence-electron chi connectivity index (χ0n) is 17.3. The molecule has 1 saturated carbocycles. The van der Waals surface area contributed by atoms with Crippen LogP contribution in [-0.2, 0) is 23.5 Å². The molecule has 3 aliphatic rings. The van der Waals surface area contributed by atoms with Crippen LogP contribution in [0, 0.1) is 5.92 Å². The molecule has 1 aliphatic carbocycles. The Kier molecular flexibility index (Phi) is 5.44. The van der Waals surface area contributed by atoms with Gasteiger partial charge in [-0.25, -0.2) is 0 Å². The minimum atomic E-state index is -4.76. The SMILES string of the molecule is O=C(NCC1CC1)c1cc2c(cn1)CN(C1=NOC(c3cc(Cl)cc(Cl)c3)(C(F)(F)F)C1)C2. The highest BCUT2D eigenvalue weighted by molar-refractivity contribution is 6.34. The molecule has 1 aromatic heterocycles. The molecule has 2 aromatic rings. The van der Waals surface area contributed by atoms with Crippen LogP contribution >= 0.6 is 23.2 Å². The Morgan fingerprint density at radius 3 is 2.52 bits per heavy atom. The largest absolute Gasteiger partial charge is 0.435 e. The summed E-state index contributed by atoms with van der Waals surface area (Å²) in [4.78, 5) is 23.3. The van der Waals surface area contributed by atoms with Crippen molar-refractivity contribution in [2.45, 2.75) is 44.1 Å². The number of halogens is 5. The van der Waals surface area contributed by atoms with Crippen molar-refractivity contribution in [2.75, 3.05) is 6.54 Å². The van der Waals surface area contributed by atoms with Crippen LogP contribution in [0.15, 0.2) is 35.6 Å². The number of pyridine rings is 1. The van der Waals surface area contributed by atoms with Gasteiger partial charge in [-0.05, 0) is 54.2 Å². The van der Waals surface area contributed by atoms with Crippen molar-refractivity contribution in [3.05, 3.63) is 62.9 Å². The standard InChI is InChI=1S/C22H19Cl2F3N4O2/c23-16-4-15(5-17(24)6-16)21(22(25,26)27)7-19(30-33-21)31-10-13-3-18(28-9-14(13)11-31)20(32)29-8-12-1-2-12/h3-6,9,12H,1-2,7-8,10-11H2,(H,29,32). The number of hydrogen-bond acceptors (Lipinski definition) is 5. The van der Waals surface area contributed by atoms with Gasteiger partial charge >= 0.3 is 6.18 Å². The molecule has 5 rings (SSSR count). The molecule has 11 heteroatoms. The predicted octanol–water partition coefficient (Wildman–Crippen LogP) is 5.04. The number of rotatable bonds is 4. The minimum absolute atomic E-state index is 0.0744. The van der Waals surface area contributed by atoms with Crippen LogP contribution in [0.3, 0.4) is 0 Å². The highest BCUT2D eigenvalue weighted by atomic mass is 35.5. The number of carbonyl (C=O) groups excluding carboxylic acids is 1. The van der Waals surface area contributed by atoms with Crippen LogP contribution in [0.25, 0.3) is 0 Å². The fourth-order valence-electron chi connectivity index (χ4n) is 4.08. The van der Waals surface area contributed by atoms with E-state index in [1.54, 1.807) is 17.2 Å². The zero-order valence-corrected chi connectivity index (χ0v) is 18.8. The Morgan fingerprint density at radius 1 is 1.15 bits per heavy atom. The highest BCUT2D eigenvalue weighted by Crippen LogP contribution is 2.49. The number of nitrogens with one attached hydrogen (secondary N) is 1. The number of nitrogens with zero attached hydrogens (tertiary/aromatic N) is 3. The Balaban J connectivity index is 1.34. The van der Waals surface area contributed by atoms with Gasteiger partial charge < -0.3 is 15.1 Å². The predicted molar refractivity (Wildman–Crippen MR) is 116 cm³/mol. The van der Waals surface area contributed by atoms with Gasteiger partial charge in [-0.2, -0.15) is 13.2 Å². The molecule has 0 bridgehead atoms. The second-order valence-electron chi connectivity index (χ2n) is 8.61. The fourth-order valence-corrected chi connectivity index (χ4v) is 4.61. The molecular weight excluding hydrogens is 480 g/mol. The van der Waals surface area contributed by atoms with Gasteiger partial charge in [-0.3, -0.25) is 9.78 Å². The molecule has 0 radical (unpaired) electrons. The van der Waals surface area contributed by atoms with Gasteiger partial charge in [-0.1, -0.05) is 28.4 Å². The summed E-state index contributed by atoms with van der Waals surface area (Å²) in [6, 6.07) is 5.42. The zero-order chi connectivity index (χ0) is 23.4. The van der Waals surface area contributed by atoms with E-state index in [9.17, 15) is 18.0 Å². The number of amidine groups is 1. The second kappa shape index (κ2) is 8.06. The van der Waals surface area contributed by atoms with Crippen LogP contribution in [0.5, 0.6) is 0 Å². The topological polar surface area (TPSA) is 66.8 Å². The summed E-state index contributed by atoms with van der Waals surface area (Å²) >= 11 is 11.9. The lowest BCUT2D eigenvalue weighted by Crippen LogP contribution is -2.43. The maximum atomic E-state index is 14.2. The third-order valence-corrected chi connectivity index (χ3v) is 6.59. The molecule has 6 nitrogen and oxygen atoms in total. The molecule has 1 amide bonds. The second-order valence-corrected chi connectivity index (χ2v) is 9.48. The Labute approximate surface area is 197 Å². The summed E-state index contributed by atoms with van der Waals surface area (Å²) in [7, 11) is 0. The van der Waals surface area contributed by atoms with E-state index in [1.165, 1.54) is 18.2 Å². The quantitative estimate of drug-likeness (QED) is 0.641. The number of oxime groups is 1. The summed E-state index contributed by atoms with van der Waals surface area (Å²) in [6.45, 7) is 1.25. The average Bonchev–Trinajstić information content (AvgIpc) is 3.29. The third kappa shape index (κ3) is 4.24. The van der Waals surface area contributed by atoms with Gasteiger partial charge in [0.1, 0.15) is 11.5 Å². The van der Waals surface area contributed by atoms with Crippen molar-refractivity contribution in [2.24, 2.45) is 11.1 Å². The van der Waals surface area contributed by atoms with Gasteiger partial charge in [-0.15, -0.1) is 0 Å². The van der Waals surface area contributed by atoms with E-state index in [-0.39, 0.29) is 27.4 Å². The van der Waals surface area contributed by atoms with Gasteiger partial charge in [0.05, 0.1) is 6.42 Å². The molecule has 33 heavy (non-hydrogen) atoms. The lowest BCUT2D eigenvalue weighted by atomic mass is 9.89. The van der Waals surface area contributed by atoms with Gasteiger partial charge in [0.15, 0.2) is 0 Å². The summed E-state index contributed by atoms with van der Waals surface area (Å²) in [6.07, 6.45) is -1.45. The normalized spacial score (nSPS) is 22.1. The molecule has 0 saturated heterocycles. The molecule has 174 valence electrons. The first-order valence-corrected chi connectivity index (χ1v) is 11.2. The van der Waals surface area contributed by atoms with Gasteiger partial charge in [0.2, 0.25) is 0 Å². The highest BCUT2D eigenvalue weighted by Gasteiger charge is 2.63. The average molecular weight is 499 g/mol. The molecule has 1 fully saturated rings. The summed E-state index contributed by atoms with van der Waals surface area (Å²) < 4.78 is 42.6. The van der Waals surface area contributed by atoms with Crippen LogP contribution in [0.4, 0.5) is 13.2 Å². The van der Waals surface area contributed by atoms with Crippen LogP contribution < -0.4 is 5.32 Å². The first kappa shape index (κ1) is 22.3. The van der Waals surface area contributed by atoms with Crippen LogP contribution in [-0.4, -0.2) is 34.3 Å². The van der Waals surface area contributed by atoms with E-state index >= 15 is 0 Å². The van der Waals surface area contributed by atoms with Crippen LogP contribution in [0.1, 0.15) is 46.4 Å². The number of fused-ring (bicyclic) bond motifs is 1. The number of amides is 1. The lowest BCUT2D eigenvalue weighted by Gasteiger charge is -2.30. The van der Waals surface area contributed by atoms with Gasteiger partial charge in [0, 0.05) is 41.4 Å². The summed E-state index contributed by atoms with van der Waals surface area (Å²) in [5.41, 5.74) is -0.956. The van der Waals surface area contributed by atoms with Crippen molar-refractivity contribution >= 4 is 34.9 Å². The molecule has 3 heterocycles. The number of carbonyl (C=O) groups is 1. The van der Waals surface area contributed by atoms with Crippen molar-refractivity contribution in [3.63, 3.8) is 0 Å². The maximum Gasteiger partial charge on any atom is 0.435 e. The molecule has 2 aliphatic heterocycles. The fraction of sp³-hybridized carbons (Fsp3) is 0.409. The lowest BCUT2D eigenvalue weighted by molar-refractivity contribution is -0.275.